The quantitative estimate of drug-likeness (QED) is 0.898. The Balaban J connectivity index is 1.82. The molecule has 1 fully saturated rings. The number of carbonyl (C=O) groups is 2. The van der Waals surface area contributed by atoms with Crippen LogP contribution in [0.3, 0.4) is 0 Å². The van der Waals surface area contributed by atoms with Crippen molar-refractivity contribution in [2.24, 2.45) is 5.92 Å². The first kappa shape index (κ1) is 17.2. The molecule has 6 heteroatoms. The molecule has 1 aliphatic heterocycles. The van der Waals surface area contributed by atoms with Gasteiger partial charge in [0.1, 0.15) is 5.69 Å². The van der Waals surface area contributed by atoms with Gasteiger partial charge < -0.3 is 10.0 Å². The summed E-state index contributed by atoms with van der Waals surface area (Å²) in [6.45, 7) is 6.70. The number of aromatic amines is 1. The molecule has 2 N–H and O–H groups in total. The molecule has 6 nitrogen and oxygen atoms in total. The number of aliphatic carboxylic acids is 1. The van der Waals surface area contributed by atoms with Gasteiger partial charge in [0.25, 0.3) is 5.91 Å². The number of aromatic nitrogens is 2. The van der Waals surface area contributed by atoms with Crippen LogP contribution in [0, 0.1) is 5.92 Å². The number of nitrogens with one attached hydrogen (secondary N) is 1. The Labute approximate surface area is 146 Å². The average Bonchev–Trinajstić information content (AvgIpc) is 3.22. The van der Waals surface area contributed by atoms with Gasteiger partial charge in [0.05, 0.1) is 5.92 Å². The Morgan fingerprint density at radius 1 is 1.20 bits per heavy atom. The fourth-order valence-electron chi connectivity index (χ4n) is 3.24. The molecule has 3 rings (SSSR count). The Bertz CT molecular complexity index is 777. The number of rotatable bonds is 3. The number of carboxylic acids is 1. The highest BCUT2D eigenvalue weighted by Crippen LogP contribution is 2.33. The van der Waals surface area contributed by atoms with Crippen LogP contribution in [0.1, 0.15) is 48.4 Å². The summed E-state index contributed by atoms with van der Waals surface area (Å²) in [7, 11) is 0. The molecule has 1 aromatic carbocycles. The molecule has 0 radical (unpaired) electrons. The standard InChI is InChI=1S/C19H23N3O3/c1-19(2,3)16-9-15(20-21-16)17(23)22-10-13(14(11-22)18(24)25)12-7-5-4-6-8-12/h4-9,13-14H,10-11H2,1-3H3,(H,20,21)(H,24,25)/t13-,14-/m0/s1. The molecule has 1 saturated heterocycles. The van der Waals surface area contributed by atoms with Gasteiger partial charge in [0.2, 0.25) is 0 Å². The Morgan fingerprint density at radius 2 is 1.88 bits per heavy atom. The average molecular weight is 341 g/mol. The van der Waals surface area contributed by atoms with Crippen molar-refractivity contribution in [1.29, 1.82) is 0 Å². The molecule has 2 aromatic rings. The highest BCUT2D eigenvalue weighted by Gasteiger charge is 2.41. The molecule has 2 heterocycles. The van der Waals surface area contributed by atoms with Crippen LogP contribution in [0.2, 0.25) is 0 Å². The number of carboxylic acid groups (broad SMARTS) is 1. The van der Waals surface area contributed by atoms with Crippen molar-refractivity contribution in [2.45, 2.75) is 32.1 Å². The molecule has 132 valence electrons. The van der Waals surface area contributed by atoms with Crippen LogP contribution in [0.4, 0.5) is 0 Å². The molecular weight excluding hydrogens is 318 g/mol. The van der Waals surface area contributed by atoms with E-state index in [-0.39, 0.29) is 23.8 Å². The van der Waals surface area contributed by atoms with E-state index in [1.807, 2.05) is 51.1 Å². The maximum Gasteiger partial charge on any atom is 0.308 e. The third-order valence-corrected chi connectivity index (χ3v) is 4.76. The van der Waals surface area contributed by atoms with Gasteiger partial charge >= 0.3 is 5.97 Å². The van der Waals surface area contributed by atoms with Crippen LogP contribution >= 0.6 is 0 Å². The number of benzene rings is 1. The van der Waals surface area contributed by atoms with Crippen molar-refractivity contribution in [2.75, 3.05) is 13.1 Å². The number of hydrogen-bond donors (Lipinski definition) is 2. The van der Waals surface area contributed by atoms with Crippen LogP contribution in [0.5, 0.6) is 0 Å². The molecule has 2 atom stereocenters. The fourth-order valence-corrected chi connectivity index (χ4v) is 3.24. The fraction of sp³-hybridized carbons (Fsp3) is 0.421. The highest BCUT2D eigenvalue weighted by atomic mass is 16.4. The second kappa shape index (κ2) is 6.35. The van der Waals surface area contributed by atoms with Crippen molar-refractivity contribution in [1.82, 2.24) is 15.1 Å². The minimum atomic E-state index is -0.874. The first-order chi connectivity index (χ1) is 11.8. The van der Waals surface area contributed by atoms with Gasteiger partial charge in [-0.15, -0.1) is 0 Å². The lowest BCUT2D eigenvalue weighted by Crippen LogP contribution is -2.30. The van der Waals surface area contributed by atoms with Gasteiger partial charge in [0, 0.05) is 30.1 Å². The van der Waals surface area contributed by atoms with Gasteiger partial charge in [-0.05, 0) is 11.6 Å². The van der Waals surface area contributed by atoms with Crippen molar-refractivity contribution in [3.63, 3.8) is 0 Å². The first-order valence-corrected chi connectivity index (χ1v) is 8.40. The number of H-pyrrole nitrogens is 1. The van der Waals surface area contributed by atoms with Crippen molar-refractivity contribution in [3.8, 4) is 0 Å². The summed E-state index contributed by atoms with van der Waals surface area (Å²) in [6.07, 6.45) is 0. The Hall–Kier alpha value is -2.63. The van der Waals surface area contributed by atoms with Crippen LogP contribution in [-0.2, 0) is 10.2 Å². The van der Waals surface area contributed by atoms with E-state index in [0.717, 1.165) is 11.3 Å². The predicted molar refractivity (Wildman–Crippen MR) is 93.5 cm³/mol. The van der Waals surface area contributed by atoms with Gasteiger partial charge in [-0.1, -0.05) is 51.1 Å². The molecule has 0 saturated carbocycles. The topological polar surface area (TPSA) is 86.3 Å². The molecule has 0 bridgehead atoms. The second-order valence-electron chi connectivity index (χ2n) is 7.59. The van der Waals surface area contributed by atoms with E-state index < -0.39 is 11.9 Å². The van der Waals surface area contributed by atoms with Crippen LogP contribution in [0.25, 0.3) is 0 Å². The monoisotopic (exact) mass is 341 g/mol. The zero-order valence-electron chi connectivity index (χ0n) is 14.7. The van der Waals surface area contributed by atoms with E-state index in [2.05, 4.69) is 10.2 Å². The van der Waals surface area contributed by atoms with E-state index >= 15 is 0 Å². The van der Waals surface area contributed by atoms with Gasteiger partial charge in [-0.2, -0.15) is 5.10 Å². The van der Waals surface area contributed by atoms with Crippen molar-refractivity contribution < 1.29 is 14.7 Å². The number of likely N-dealkylation sites (tertiary alicyclic amines) is 1. The summed E-state index contributed by atoms with van der Waals surface area (Å²) in [5.74, 6) is -1.91. The number of amides is 1. The Morgan fingerprint density at radius 3 is 2.44 bits per heavy atom. The van der Waals surface area contributed by atoms with E-state index in [0.29, 0.717) is 12.2 Å². The van der Waals surface area contributed by atoms with Gasteiger partial charge in [-0.3, -0.25) is 14.7 Å². The van der Waals surface area contributed by atoms with E-state index in [1.54, 1.807) is 11.0 Å². The molecular formula is C19H23N3O3. The molecule has 1 amide bonds. The molecule has 25 heavy (non-hydrogen) atoms. The first-order valence-electron chi connectivity index (χ1n) is 8.40. The molecule has 1 aliphatic rings. The van der Waals surface area contributed by atoms with Crippen LogP contribution in [-0.4, -0.2) is 45.2 Å². The zero-order chi connectivity index (χ0) is 18.2. The zero-order valence-corrected chi connectivity index (χ0v) is 14.7. The maximum absolute atomic E-state index is 12.8. The molecule has 1 aromatic heterocycles. The van der Waals surface area contributed by atoms with E-state index in [1.165, 1.54) is 0 Å². The predicted octanol–water partition coefficient (Wildman–Crippen LogP) is 2.65. The van der Waals surface area contributed by atoms with E-state index in [4.69, 9.17) is 0 Å². The highest BCUT2D eigenvalue weighted by molar-refractivity contribution is 5.93. The molecule has 0 aliphatic carbocycles. The lowest BCUT2D eigenvalue weighted by molar-refractivity contribution is -0.141. The van der Waals surface area contributed by atoms with E-state index in [9.17, 15) is 14.7 Å². The lowest BCUT2D eigenvalue weighted by Gasteiger charge is -2.16. The van der Waals surface area contributed by atoms with Gasteiger partial charge in [-0.25, -0.2) is 0 Å². The smallest absolute Gasteiger partial charge is 0.308 e. The van der Waals surface area contributed by atoms with Crippen molar-refractivity contribution in [3.05, 3.63) is 53.3 Å². The summed E-state index contributed by atoms with van der Waals surface area (Å²) >= 11 is 0. The van der Waals surface area contributed by atoms with Crippen LogP contribution < -0.4 is 0 Å². The van der Waals surface area contributed by atoms with Crippen LogP contribution in [0.15, 0.2) is 36.4 Å². The van der Waals surface area contributed by atoms with Gasteiger partial charge in [0.15, 0.2) is 0 Å². The minimum Gasteiger partial charge on any atom is -0.481 e. The largest absolute Gasteiger partial charge is 0.481 e. The summed E-state index contributed by atoms with van der Waals surface area (Å²) in [5.41, 5.74) is 2.03. The van der Waals surface area contributed by atoms with Crippen molar-refractivity contribution >= 4 is 11.9 Å². The molecule has 0 spiro atoms. The summed E-state index contributed by atoms with van der Waals surface area (Å²) in [6, 6.07) is 11.3. The number of carbonyl (C=O) groups excluding carboxylic acids is 1. The minimum absolute atomic E-state index is 0.132. The third kappa shape index (κ3) is 3.43. The normalized spacial score (nSPS) is 20.7. The molecule has 0 unspecified atom stereocenters. The summed E-state index contributed by atoms with van der Waals surface area (Å²) < 4.78 is 0. The Kier molecular flexibility index (Phi) is 4.37. The lowest BCUT2D eigenvalue weighted by atomic mass is 9.89. The SMILES string of the molecule is CC(C)(C)c1cc(C(=O)N2C[C@H](C(=O)O)[C@H](c3ccccc3)C2)n[nH]1. The number of hydrogen-bond acceptors (Lipinski definition) is 3. The third-order valence-electron chi connectivity index (χ3n) is 4.76. The summed E-state index contributed by atoms with van der Waals surface area (Å²) in [4.78, 5) is 26.0. The summed E-state index contributed by atoms with van der Waals surface area (Å²) in [5, 5.41) is 16.6. The number of nitrogens with zero attached hydrogens (tertiary/aromatic N) is 2. The second-order valence-corrected chi connectivity index (χ2v) is 7.59. The maximum atomic E-state index is 12.8.